The first-order chi connectivity index (χ1) is 10.4. The molecule has 0 N–H and O–H groups in total. The van der Waals surface area contributed by atoms with Crippen molar-refractivity contribution in [3.63, 3.8) is 0 Å². The number of hydrogen-bond donors (Lipinski definition) is 0. The first-order valence-electron chi connectivity index (χ1n) is 6.61. The van der Waals surface area contributed by atoms with Gasteiger partial charge in [-0.2, -0.15) is 0 Å². The molecule has 3 aromatic rings. The Kier molecular flexibility index (Phi) is 3.48. The minimum absolute atomic E-state index is 0.0691. The summed E-state index contributed by atoms with van der Waals surface area (Å²) in [5, 5.41) is 0.244. The van der Waals surface area contributed by atoms with Crippen molar-refractivity contribution < 1.29 is 17.2 Å². The molecule has 0 fully saturated rings. The molecule has 0 atom stereocenters. The summed E-state index contributed by atoms with van der Waals surface area (Å²) < 4.78 is 52.6. The number of benzene rings is 2. The van der Waals surface area contributed by atoms with Crippen molar-refractivity contribution in [1.29, 1.82) is 0 Å². The third kappa shape index (κ3) is 2.29. The van der Waals surface area contributed by atoms with Crippen LogP contribution in [0.15, 0.2) is 59.6 Å². The second kappa shape index (κ2) is 5.21. The number of aromatic nitrogens is 1. The smallest absolute Gasteiger partial charge is 0.241 e. The molecule has 0 aliphatic heterocycles. The lowest BCUT2D eigenvalue weighted by molar-refractivity contribution is 0.153. The average molecular weight is 321 g/mol. The number of nitrogens with zero attached hydrogens (tertiary/aromatic N) is 1. The molecular weight excluding hydrogens is 308 g/mol. The highest BCUT2D eigenvalue weighted by Crippen LogP contribution is 2.31. The SMILES string of the molecule is Cc1ccc(S(=O)(=O)n2cc(C(F)F)c3ccccc32)cc1. The summed E-state index contributed by atoms with van der Waals surface area (Å²) in [4.78, 5) is 0.0691. The molecule has 3 nitrogen and oxygen atoms in total. The summed E-state index contributed by atoms with van der Waals surface area (Å²) >= 11 is 0. The molecule has 3 rings (SSSR count). The van der Waals surface area contributed by atoms with Gasteiger partial charge in [-0.25, -0.2) is 21.2 Å². The summed E-state index contributed by atoms with van der Waals surface area (Å²) in [6.07, 6.45) is -1.73. The van der Waals surface area contributed by atoms with Gasteiger partial charge in [0.05, 0.1) is 10.4 Å². The van der Waals surface area contributed by atoms with E-state index >= 15 is 0 Å². The van der Waals surface area contributed by atoms with E-state index in [0.29, 0.717) is 0 Å². The minimum atomic E-state index is -3.91. The molecule has 0 amide bonds. The lowest BCUT2D eigenvalue weighted by atomic mass is 10.2. The molecule has 0 bridgehead atoms. The Balaban J connectivity index is 2.27. The Labute approximate surface area is 126 Å². The molecule has 0 aliphatic carbocycles. The summed E-state index contributed by atoms with van der Waals surface area (Å²) in [5.74, 6) is 0. The second-order valence-corrected chi connectivity index (χ2v) is 6.83. The van der Waals surface area contributed by atoms with Gasteiger partial charge in [-0.05, 0) is 25.1 Å². The maximum absolute atomic E-state index is 13.1. The standard InChI is InChI=1S/C16H13F2NO2S/c1-11-6-8-12(9-7-11)22(20,21)19-10-14(16(17)18)13-4-2-3-5-15(13)19/h2-10,16H,1H3. The third-order valence-corrected chi connectivity index (χ3v) is 5.21. The molecule has 114 valence electrons. The molecule has 0 aliphatic rings. The van der Waals surface area contributed by atoms with Gasteiger partial charge in [0.25, 0.3) is 16.4 Å². The number of aryl methyl sites for hydroxylation is 1. The van der Waals surface area contributed by atoms with E-state index in [4.69, 9.17) is 0 Å². The summed E-state index contributed by atoms with van der Waals surface area (Å²) in [6.45, 7) is 1.84. The van der Waals surface area contributed by atoms with E-state index in [-0.39, 0.29) is 21.4 Å². The van der Waals surface area contributed by atoms with Gasteiger partial charge >= 0.3 is 0 Å². The second-order valence-electron chi connectivity index (χ2n) is 5.02. The number of fused-ring (bicyclic) bond motifs is 1. The van der Waals surface area contributed by atoms with E-state index in [1.807, 2.05) is 6.92 Å². The fourth-order valence-corrected chi connectivity index (χ4v) is 3.75. The van der Waals surface area contributed by atoms with Crippen LogP contribution in [0.1, 0.15) is 17.6 Å². The van der Waals surface area contributed by atoms with Crippen LogP contribution in [0, 0.1) is 6.92 Å². The maximum atomic E-state index is 13.1. The molecule has 0 saturated heterocycles. The molecule has 0 unspecified atom stereocenters. The van der Waals surface area contributed by atoms with E-state index in [0.717, 1.165) is 15.7 Å². The Morgan fingerprint density at radius 1 is 1.00 bits per heavy atom. The molecule has 2 aromatic carbocycles. The molecule has 1 heterocycles. The van der Waals surface area contributed by atoms with Crippen LogP contribution in [-0.4, -0.2) is 12.4 Å². The fraction of sp³-hybridized carbons (Fsp3) is 0.125. The van der Waals surface area contributed by atoms with Crippen LogP contribution in [0.2, 0.25) is 0 Å². The molecule has 22 heavy (non-hydrogen) atoms. The summed E-state index contributed by atoms with van der Waals surface area (Å²) in [7, 11) is -3.91. The highest BCUT2D eigenvalue weighted by atomic mass is 32.2. The molecule has 0 spiro atoms. The Morgan fingerprint density at radius 2 is 1.64 bits per heavy atom. The van der Waals surface area contributed by atoms with Crippen molar-refractivity contribution in [3.8, 4) is 0 Å². The van der Waals surface area contributed by atoms with Gasteiger partial charge in [-0.3, -0.25) is 0 Å². The average Bonchev–Trinajstić information content (AvgIpc) is 2.88. The van der Waals surface area contributed by atoms with Crippen molar-refractivity contribution in [2.75, 3.05) is 0 Å². The van der Waals surface area contributed by atoms with Crippen LogP contribution in [0.5, 0.6) is 0 Å². The number of halogens is 2. The molecular formula is C16H13F2NO2S. The first-order valence-corrected chi connectivity index (χ1v) is 8.05. The summed E-state index contributed by atoms with van der Waals surface area (Å²) in [6, 6.07) is 12.5. The minimum Gasteiger partial charge on any atom is -0.241 e. The van der Waals surface area contributed by atoms with Crippen LogP contribution in [0.4, 0.5) is 8.78 Å². The van der Waals surface area contributed by atoms with Gasteiger partial charge in [0, 0.05) is 17.1 Å². The Bertz CT molecular complexity index is 928. The highest BCUT2D eigenvalue weighted by Gasteiger charge is 2.23. The molecule has 0 radical (unpaired) electrons. The lowest BCUT2D eigenvalue weighted by Gasteiger charge is -2.07. The van der Waals surface area contributed by atoms with E-state index in [1.165, 1.54) is 24.3 Å². The first kappa shape index (κ1) is 14.7. The monoisotopic (exact) mass is 321 g/mol. The predicted octanol–water partition coefficient (Wildman–Crippen LogP) is 4.12. The van der Waals surface area contributed by atoms with Crippen molar-refractivity contribution in [1.82, 2.24) is 3.97 Å². The predicted molar refractivity (Wildman–Crippen MR) is 80.7 cm³/mol. The van der Waals surface area contributed by atoms with Crippen LogP contribution in [0.25, 0.3) is 10.9 Å². The highest BCUT2D eigenvalue weighted by molar-refractivity contribution is 7.90. The Morgan fingerprint density at radius 3 is 2.27 bits per heavy atom. The van der Waals surface area contributed by atoms with Crippen LogP contribution >= 0.6 is 0 Å². The molecule has 1 aromatic heterocycles. The van der Waals surface area contributed by atoms with E-state index in [1.54, 1.807) is 24.3 Å². The zero-order valence-corrected chi connectivity index (χ0v) is 12.5. The third-order valence-electron chi connectivity index (χ3n) is 3.52. The molecule has 0 saturated carbocycles. The lowest BCUT2D eigenvalue weighted by Crippen LogP contribution is -2.11. The van der Waals surface area contributed by atoms with E-state index in [2.05, 4.69) is 0 Å². The van der Waals surface area contributed by atoms with Crippen molar-refractivity contribution in [2.24, 2.45) is 0 Å². The zero-order valence-electron chi connectivity index (χ0n) is 11.7. The van der Waals surface area contributed by atoms with Crippen molar-refractivity contribution in [3.05, 3.63) is 65.9 Å². The zero-order chi connectivity index (χ0) is 15.9. The number of para-hydroxylation sites is 1. The van der Waals surface area contributed by atoms with Gasteiger partial charge < -0.3 is 0 Å². The summed E-state index contributed by atoms with van der Waals surface area (Å²) in [5.41, 5.74) is 0.884. The maximum Gasteiger partial charge on any atom is 0.268 e. The largest absolute Gasteiger partial charge is 0.268 e. The topological polar surface area (TPSA) is 39.1 Å². The Hall–Kier alpha value is -2.21. The van der Waals surface area contributed by atoms with Gasteiger partial charge in [-0.15, -0.1) is 0 Å². The van der Waals surface area contributed by atoms with Gasteiger partial charge in [0.15, 0.2) is 0 Å². The number of hydrogen-bond acceptors (Lipinski definition) is 2. The van der Waals surface area contributed by atoms with Crippen LogP contribution in [0.3, 0.4) is 0 Å². The van der Waals surface area contributed by atoms with Crippen molar-refractivity contribution in [2.45, 2.75) is 18.2 Å². The van der Waals surface area contributed by atoms with Gasteiger partial charge in [-0.1, -0.05) is 35.9 Å². The normalized spacial score (nSPS) is 12.2. The van der Waals surface area contributed by atoms with Crippen LogP contribution < -0.4 is 0 Å². The van der Waals surface area contributed by atoms with E-state index in [9.17, 15) is 17.2 Å². The van der Waals surface area contributed by atoms with Gasteiger partial charge in [0.2, 0.25) is 0 Å². The molecule has 6 heteroatoms. The van der Waals surface area contributed by atoms with E-state index < -0.39 is 16.4 Å². The van der Waals surface area contributed by atoms with Gasteiger partial charge in [0.1, 0.15) is 0 Å². The quantitative estimate of drug-likeness (QED) is 0.728. The van der Waals surface area contributed by atoms with Crippen LogP contribution in [-0.2, 0) is 10.0 Å². The number of alkyl halides is 2. The van der Waals surface area contributed by atoms with Crippen molar-refractivity contribution >= 4 is 20.9 Å². The fourth-order valence-electron chi connectivity index (χ4n) is 2.37. The number of rotatable bonds is 3.